The van der Waals surface area contributed by atoms with Crippen molar-refractivity contribution in [1.29, 1.82) is 0 Å². The van der Waals surface area contributed by atoms with Gasteiger partial charge in [-0.1, -0.05) is 18.2 Å². The molecule has 128 valence electrons. The molecular formula is C19H25N3O2. The molecule has 0 spiro atoms. The molecule has 5 nitrogen and oxygen atoms in total. The summed E-state index contributed by atoms with van der Waals surface area (Å²) in [5, 5.41) is 1.09. The van der Waals surface area contributed by atoms with Gasteiger partial charge >= 0.3 is 0 Å². The number of rotatable bonds is 3. The predicted molar refractivity (Wildman–Crippen MR) is 94.2 cm³/mol. The quantitative estimate of drug-likeness (QED) is 0.942. The number of carbonyl (C=O) groups is 1. The molecule has 2 fully saturated rings. The number of para-hydroxylation sites is 1. The smallest absolute Gasteiger partial charge is 0.270 e. The summed E-state index contributed by atoms with van der Waals surface area (Å²) in [5.74, 6) is 0.108. The van der Waals surface area contributed by atoms with Crippen LogP contribution in [0.2, 0.25) is 0 Å². The van der Waals surface area contributed by atoms with Crippen LogP contribution < -0.4 is 0 Å². The average Bonchev–Trinajstić information content (AvgIpc) is 3.21. The number of aromatic nitrogens is 1. The van der Waals surface area contributed by atoms with Crippen molar-refractivity contribution in [3.8, 4) is 0 Å². The largest absolute Gasteiger partial charge is 0.374 e. The maximum absolute atomic E-state index is 12.7. The summed E-state index contributed by atoms with van der Waals surface area (Å²) in [4.78, 5) is 20.3. The molecule has 1 aromatic heterocycles. The van der Waals surface area contributed by atoms with E-state index in [1.807, 2.05) is 35.2 Å². The number of benzene rings is 1. The SMILES string of the molecule is CC1CCC(CN2CCN(C(=O)c3cc4ccccc4[nH]3)CC2)O1. The molecule has 0 radical (unpaired) electrons. The van der Waals surface area contributed by atoms with Crippen LogP contribution in [-0.4, -0.2) is 65.6 Å². The van der Waals surface area contributed by atoms with Gasteiger partial charge in [-0.25, -0.2) is 0 Å². The van der Waals surface area contributed by atoms with Gasteiger partial charge in [0.15, 0.2) is 0 Å². The van der Waals surface area contributed by atoms with Gasteiger partial charge in [0.25, 0.3) is 5.91 Å². The molecule has 3 heterocycles. The number of nitrogens with zero attached hydrogens (tertiary/aromatic N) is 2. The molecule has 0 aliphatic carbocycles. The number of hydrogen-bond acceptors (Lipinski definition) is 3. The summed E-state index contributed by atoms with van der Waals surface area (Å²) < 4.78 is 5.91. The standard InChI is InChI=1S/C19H25N3O2/c1-14-6-7-16(24-14)13-21-8-10-22(11-9-21)19(23)18-12-15-4-2-3-5-17(15)20-18/h2-5,12,14,16,20H,6-11,13H2,1H3. The molecule has 2 aliphatic rings. The first-order chi connectivity index (χ1) is 11.7. The van der Waals surface area contributed by atoms with Crippen molar-refractivity contribution in [2.24, 2.45) is 0 Å². The van der Waals surface area contributed by atoms with Crippen molar-refractivity contribution in [3.05, 3.63) is 36.0 Å². The maximum Gasteiger partial charge on any atom is 0.270 e. The van der Waals surface area contributed by atoms with Gasteiger partial charge in [-0.05, 0) is 31.9 Å². The van der Waals surface area contributed by atoms with Crippen LogP contribution in [0.25, 0.3) is 10.9 Å². The van der Waals surface area contributed by atoms with E-state index in [4.69, 9.17) is 4.74 Å². The Balaban J connectivity index is 1.34. The van der Waals surface area contributed by atoms with Crippen LogP contribution in [0.1, 0.15) is 30.3 Å². The third kappa shape index (κ3) is 3.19. The van der Waals surface area contributed by atoms with Crippen molar-refractivity contribution in [2.45, 2.75) is 32.0 Å². The van der Waals surface area contributed by atoms with E-state index in [2.05, 4.69) is 16.8 Å². The number of piperazine rings is 1. The molecule has 0 bridgehead atoms. The molecule has 0 saturated carbocycles. The van der Waals surface area contributed by atoms with Crippen molar-refractivity contribution in [3.63, 3.8) is 0 Å². The Labute approximate surface area is 142 Å². The van der Waals surface area contributed by atoms with Gasteiger partial charge in [-0.2, -0.15) is 0 Å². The van der Waals surface area contributed by atoms with Gasteiger partial charge in [-0.15, -0.1) is 0 Å². The summed E-state index contributed by atoms with van der Waals surface area (Å²) in [6.07, 6.45) is 3.11. The lowest BCUT2D eigenvalue weighted by atomic mass is 10.2. The number of nitrogens with one attached hydrogen (secondary N) is 1. The monoisotopic (exact) mass is 327 g/mol. The second kappa shape index (κ2) is 6.57. The molecule has 24 heavy (non-hydrogen) atoms. The fourth-order valence-electron chi connectivity index (χ4n) is 3.80. The lowest BCUT2D eigenvalue weighted by molar-refractivity contribution is 0.0190. The number of carbonyl (C=O) groups excluding carboxylic acids is 1. The molecule has 1 N–H and O–H groups in total. The van der Waals surface area contributed by atoms with E-state index in [0.717, 1.165) is 50.0 Å². The van der Waals surface area contributed by atoms with Crippen molar-refractivity contribution in [1.82, 2.24) is 14.8 Å². The van der Waals surface area contributed by atoms with E-state index in [1.54, 1.807) is 0 Å². The minimum atomic E-state index is 0.108. The van der Waals surface area contributed by atoms with Gasteiger partial charge in [0, 0.05) is 43.6 Å². The van der Waals surface area contributed by atoms with Crippen molar-refractivity contribution < 1.29 is 9.53 Å². The normalized spacial score (nSPS) is 25.5. The topological polar surface area (TPSA) is 48.6 Å². The minimum Gasteiger partial charge on any atom is -0.374 e. The first kappa shape index (κ1) is 15.7. The first-order valence-corrected chi connectivity index (χ1v) is 8.94. The molecule has 2 aromatic rings. The molecule has 2 aliphatic heterocycles. The fraction of sp³-hybridized carbons (Fsp3) is 0.526. The van der Waals surface area contributed by atoms with E-state index >= 15 is 0 Å². The van der Waals surface area contributed by atoms with Gasteiger partial charge in [0.1, 0.15) is 5.69 Å². The van der Waals surface area contributed by atoms with Crippen LogP contribution in [-0.2, 0) is 4.74 Å². The molecule has 1 aromatic carbocycles. The highest BCUT2D eigenvalue weighted by atomic mass is 16.5. The summed E-state index contributed by atoms with van der Waals surface area (Å²) in [5.41, 5.74) is 1.71. The van der Waals surface area contributed by atoms with E-state index in [9.17, 15) is 4.79 Å². The summed E-state index contributed by atoms with van der Waals surface area (Å²) in [7, 11) is 0. The van der Waals surface area contributed by atoms with Gasteiger partial charge in [0.2, 0.25) is 0 Å². The van der Waals surface area contributed by atoms with E-state index in [-0.39, 0.29) is 5.91 Å². The maximum atomic E-state index is 12.7. The van der Waals surface area contributed by atoms with E-state index < -0.39 is 0 Å². The van der Waals surface area contributed by atoms with Crippen LogP contribution in [0, 0.1) is 0 Å². The number of H-pyrrole nitrogens is 1. The van der Waals surface area contributed by atoms with Crippen LogP contribution in [0.5, 0.6) is 0 Å². The Hall–Kier alpha value is -1.85. The Morgan fingerprint density at radius 1 is 1.21 bits per heavy atom. The van der Waals surface area contributed by atoms with Crippen molar-refractivity contribution in [2.75, 3.05) is 32.7 Å². The zero-order chi connectivity index (χ0) is 16.5. The third-order valence-electron chi connectivity index (χ3n) is 5.20. The number of amides is 1. The second-order valence-corrected chi connectivity index (χ2v) is 7.01. The average molecular weight is 327 g/mol. The molecule has 2 saturated heterocycles. The highest BCUT2D eigenvalue weighted by Gasteiger charge is 2.27. The molecule has 5 heteroatoms. The van der Waals surface area contributed by atoms with Crippen LogP contribution in [0.4, 0.5) is 0 Å². The second-order valence-electron chi connectivity index (χ2n) is 7.01. The third-order valence-corrected chi connectivity index (χ3v) is 5.20. The number of hydrogen-bond donors (Lipinski definition) is 1. The number of ether oxygens (including phenoxy) is 1. The van der Waals surface area contributed by atoms with Gasteiger partial charge in [0.05, 0.1) is 12.2 Å². The van der Waals surface area contributed by atoms with Crippen molar-refractivity contribution >= 4 is 16.8 Å². The number of fused-ring (bicyclic) bond motifs is 1. The van der Waals surface area contributed by atoms with Crippen LogP contribution in [0.15, 0.2) is 30.3 Å². The number of aromatic amines is 1. The minimum absolute atomic E-state index is 0.108. The highest BCUT2D eigenvalue weighted by Crippen LogP contribution is 2.21. The molecule has 2 unspecified atom stereocenters. The predicted octanol–water partition coefficient (Wildman–Crippen LogP) is 2.49. The Kier molecular flexibility index (Phi) is 4.29. The Morgan fingerprint density at radius 2 is 2.00 bits per heavy atom. The van der Waals surface area contributed by atoms with E-state index in [0.29, 0.717) is 17.9 Å². The lowest BCUT2D eigenvalue weighted by Crippen LogP contribution is -2.50. The zero-order valence-electron chi connectivity index (χ0n) is 14.2. The van der Waals surface area contributed by atoms with Crippen LogP contribution in [0.3, 0.4) is 0 Å². The first-order valence-electron chi connectivity index (χ1n) is 8.94. The van der Waals surface area contributed by atoms with Gasteiger partial charge < -0.3 is 14.6 Å². The summed E-state index contributed by atoms with van der Waals surface area (Å²) in [6, 6.07) is 9.97. The summed E-state index contributed by atoms with van der Waals surface area (Å²) in [6.45, 7) is 6.59. The van der Waals surface area contributed by atoms with Crippen LogP contribution >= 0.6 is 0 Å². The Bertz CT molecular complexity index is 685. The fourth-order valence-corrected chi connectivity index (χ4v) is 3.80. The highest BCUT2D eigenvalue weighted by molar-refractivity contribution is 5.98. The zero-order valence-corrected chi connectivity index (χ0v) is 14.2. The van der Waals surface area contributed by atoms with E-state index in [1.165, 1.54) is 6.42 Å². The molecule has 2 atom stereocenters. The lowest BCUT2D eigenvalue weighted by Gasteiger charge is -2.35. The summed E-state index contributed by atoms with van der Waals surface area (Å²) >= 11 is 0. The molecule has 1 amide bonds. The Morgan fingerprint density at radius 3 is 2.71 bits per heavy atom. The molecule has 4 rings (SSSR count). The van der Waals surface area contributed by atoms with Gasteiger partial charge in [-0.3, -0.25) is 9.69 Å². The molecular weight excluding hydrogens is 302 g/mol.